The molecule has 1 fully saturated rings. The van der Waals surface area contributed by atoms with Crippen molar-refractivity contribution >= 4 is 27.9 Å². The number of carbonyl (C=O) groups is 1. The van der Waals surface area contributed by atoms with Crippen molar-refractivity contribution in [3.8, 4) is 0 Å². The SMILES string of the molecule is O=CC(Br)c1ccc(N2CCOCC2)cc1. The fraction of sp³-hybridized carbons (Fsp3) is 0.417. The number of rotatable bonds is 3. The minimum Gasteiger partial charge on any atom is -0.378 e. The predicted octanol–water partition coefficient (Wildman–Crippen LogP) is 2.16. The Kier molecular flexibility index (Phi) is 3.96. The zero-order valence-corrected chi connectivity index (χ0v) is 10.5. The van der Waals surface area contributed by atoms with Gasteiger partial charge in [0.15, 0.2) is 0 Å². The molecule has 2 rings (SSSR count). The van der Waals surface area contributed by atoms with Crippen LogP contribution in [-0.2, 0) is 9.53 Å². The van der Waals surface area contributed by atoms with Gasteiger partial charge in [-0.2, -0.15) is 0 Å². The van der Waals surface area contributed by atoms with Crippen LogP contribution in [0.3, 0.4) is 0 Å². The van der Waals surface area contributed by atoms with Crippen LogP contribution in [0.4, 0.5) is 5.69 Å². The summed E-state index contributed by atoms with van der Waals surface area (Å²) in [6, 6.07) is 8.08. The smallest absolute Gasteiger partial charge is 0.138 e. The quantitative estimate of drug-likeness (QED) is 0.629. The largest absolute Gasteiger partial charge is 0.378 e. The fourth-order valence-electron chi connectivity index (χ4n) is 1.77. The van der Waals surface area contributed by atoms with Gasteiger partial charge in [-0.05, 0) is 17.7 Å². The third-order valence-electron chi connectivity index (χ3n) is 2.71. The van der Waals surface area contributed by atoms with Crippen LogP contribution in [0.5, 0.6) is 0 Å². The van der Waals surface area contributed by atoms with Crippen molar-refractivity contribution in [2.75, 3.05) is 31.2 Å². The zero-order valence-electron chi connectivity index (χ0n) is 8.93. The third-order valence-corrected chi connectivity index (χ3v) is 3.45. The second kappa shape index (κ2) is 5.46. The number of alkyl halides is 1. The molecular formula is C12H14BrNO2. The first-order valence-corrected chi connectivity index (χ1v) is 6.25. The number of hydrogen-bond acceptors (Lipinski definition) is 3. The van der Waals surface area contributed by atoms with E-state index in [1.54, 1.807) is 0 Å². The number of hydrogen-bond donors (Lipinski definition) is 0. The minimum absolute atomic E-state index is 0.203. The Morgan fingerprint density at radius 2 is 1.88 bits per heavy atom. The minimum atomic E-state index is -0.203. The van der Waals surface area contributed by atoms with Crippen molar-refractivity contribution in [1.82, 2.24) is 0 Å². The van der Waals surface area contributed by atoms with Gasteiger partial charge in [-0.15, -0.1) is 0 Å². The molecule has 1 saturated heterocycles. The maximum Gasteiger partial charge on any atom is 0.138 e. The van der Waals surface area contributed by atoms with Gasteiger partial charge in [0.05, 0.1) is 18.0 Å². The van der Waals surface area contributed by atoms with Crippen LogP contribution in [0.15, 0.2) is 24.3 Å². The first-order chi connectivity index (χ1) is 7.81. The normalized spacial score (nSPS) is 18.2. The fourth-order valence-corrected chi connectivity index (χ4v) is 2.07. The van der Waals surface area contributed by atoms with E-state index in [4.69, 9.17) is 4.74 Å². The van der Waals surface area contributed by atoms with Crippen LogP contribution < -0.4 is 4.90 Å². The van der Waals surface area contributed by atoms with Crippen molar-refractivity contribution in [2.45, 2.75) is 4.83 Å². The molecule has 1 unspecified atom stereocenters. The molecule has 0 spiro atoms. The van der Waals surface area contributed by atoms with Crippen LogP contribution in [0.2, 0.25) is 0 Å². The lowest BCUT2D eigenvalue weighted by molar-refractivity contribution is -0.107. The summed E-state index contributed by atoms with van der Waals surface area (Å²) in [5, 5.41) is 0. The number of benzene rings is 1. The zero-order chi connectivity index (χ0) is 11.4. The van der Waals surface area contributed by atoms with Crippen LogP contribution in [0.25, 0.3) is 0 Å². The molecule has 1 heterocycles. The van der Waals surface area contributed by atoms with Crippen molar-refractivity contribution in [2.24, 2.45) is 0 Å². The van der Waals surface area contributed by atoms with Gasteiger partial charge >= 0.3 is 0 Å². The van der Waals surface area contributed by atoms with Gasteiger partial charge in [-0.25, -0.2) is 0 Å². The molecule has 0 N–H and O–H groups in total. The second-order valence-corrected chi connectivity index (χ2v) is 4.72. The molecule has 4 heteroatoms. The van der Waals surface area contributed by atoms with Crippen molar-refractivity contribution in [3.05, 3.63) is 29.8 Å². The second-order valence-electron chi connectivity index (χ2n) is 3.73. The highest BCUT2D eigenvalue weighted by atomic mass is 79.9. The molecule has 0 aromatic heterocycles. The highest BCUT2D eigenvalue weighted by Gasteiger charge is 2.11. The van der Waals surface area contributed by atoms with Crippen molar-refractivity contribution < 1.29 is 9.53 Å². The van der Waals surface area contributed by atoms with Gasteiger partial charge < -0.3 is 14.4 Å². The average Bonchev–Trinajstić information content (AvgIpc) is 2.39. The summed E-state index contributed by atoms with van der Waals surface area (Å²) in [6.45, 7) is 3.45. The van der Waals surface area contributed by atoms with Gasteiger partial charge in [-0.1, -0.05) is 28.1 Å². The molecular weight excluding hydrogens is 270 g/mol. The van der Waals surface area contributed by atoms with Crippen LogP contribution >= 0.6 is 15.9 Å². The molecule has 0 radical (unpaired) electrons. The van der Waals surface area contributed by atoms with Crippen LogP contribution in [0.1, 0.15) is 10.4 Å². The Labute approximate surface area is 104 Å². The number of morpholine rings is 1. The van der Waals surface area contributed by atoms with E-state index in [0.29, 0.717) is 0 Å². The molecule has 86 valence electrons. The first-order valence-electron chi connectivity index (χ1n) is 5.33. The lowest BCUT2D eigenvalue weighted by Gasteiger charge is -2.29. The molecule has 1 aliphatic rings. The van der Waals surface area contributed by atoms with Gasteiger partial charge in [0.25, 0.3) is 0 Å². The molecule has 1 aromatic rings. The molecule has 0 amide bonds. The Balaban J connectivity index is 2.08. The lowest BCUT2D eigenvalue weighted by atomic mass is 10.1. The van der Waals surface area contributed by atoms with Gasteiger partial charge in [0.1, 0.15) is 6.29 Å². The summed E-state index contributed by atoms with van der Waals surface area (Å²) in [4.78, 5) is 12.7. The van der Waals surface area contributed by atoms with Gasteiger partial charge in [-0.3, -0.25) is 0 Å². The number of aldehydes is 1. The molecule has 1 atom stereocenters. The summed E-state index contributed by atoms with van der Waals surface area (Å²) in [5.74, 6) is 0. The highest BCUT2D eigenvalue weighted by Crippen LogP contribution is 2.23. The van der Waals surface area contributed by atoms with Crippen LogP contribution in [0, 0.1) is 0 Å². The number of carbonyl (C=O) groups excluding carboxylic acids is 1. The Morgan fingerprint density at radius 3 is 2.44 bits per heavy atom. The Hall–Kier alpha value is -0.870. The molecule has 1 aliphatic heterocycles. The maximum atomic E-state index is 10.6. The summed E-state index contributed by atoms with van der Waals surface area (Å²) in [6.07, 6.45) is 0.893. The van der Waals surface area contributed by atoms with Gasteiger partial charge in [0, 0.05) is 18.8 Å². The molecule has 1 aromatic carbocycles. The van der Waals surface area contributed by atoms with E-state index in [2.05, 4.69) is 33.0 Å². The van der Waals surface area contributed by atoms with Gasteiger partial charge in [0.2, 0.25) is 0 Å². The Bertz CT molecular complexity index is 347. The van der Waals surface area contributed by atoms with Crippen molar-refractivity contribution in [3.63, 3.8) is 0 Å². The third kappa shape index (κ3) is 2.62. The average molecular weight is 284 g/mol. The maximum absolute atomic E-state index is 10.6. The standard InChI is InChI=1S/C12H14BrNO2/c13-12(9-15)10-1-3-11(4-2-10)14-5-7-16-8-6-14/h1-4,9,12H,5-8H2. The van der Waals surface area contributed by atoms with E-state index in [9.17, 15) is 4.79 Å². The van der Waals surface area contributed by atoms with E-state index >= 15 is 0 Å². The first kappa shape index (κ1) is 11.6. The molecule has 0 bridgehead atoms. The van der Waals surface area contributed by atoms with E-state index in [-0.39, 0.29) is 4.83 Å². The summed E-state index contributed by atoms with van der Waals surface area (Å²) in [5.41, 5.74) is 2.18. The van der Waals surface area contributed by atoms with E-state index < -0.39 is 0 Å². The summed E-state index contributed by atoms with van der Waals surface area (Å²) < 4.78 is 5.31. The lowest BCUT2D eigenvalue weighted by Crippen LogP contribution is -2.36. The van der Waals surface area contributed by atoms with E-state index in [0.717, 1.165) is 38.2 Å². The topological polar surface area (TPSA) is 29.5 Å². The predicted molar refractivity (Wildman–Crippen MR) is 67.2 cm³/mol. The molecule has 3 nitrogen and oxygen atoms in total. The Morgan fingerprint density at radius 1 is 1.25 bits per heavy atom. The summed E-state index contributed by atoms with van der Waals surface area (Å²) in [7, 11) is 0. The number of halogens is 1. The molecule has 0 aliphatic carbocycles. The van der Waals surface area contributed by atoms with E-state index in [1.165, 1.54) is 5.69 Å². The monoisotopic (exact) mass is 283 g/mol. The number of anilines is 1. The summed E-state index contributed by atoms with van der Waals surface area (Å²) >= 11 is 3.30. The number of nitrogens with zero attached hydrogens (tertiary/aromatic N) is 1. The van der Waals surface area contributed by atoms with E-state index in [1.807, 2.05) is 12.1 Å². The van der Waals surface area contributed by atoms with Crippen molar-refractivity contribution in [1.29, 1.82) is 0 Å². The number of ether oxygens (including phenoxy) is 1. The molecule has 16 heavy (non-hydrogen) atoms. The van der Waals surface area contributed by atoms with Crippen LogP contribution in [-0.4, -0.2) is 32.6 Å². The molecule has 0 saturated carbocycles. The highest BCUT2D eigenvalue weighted by molar-refractivity contribution is 9.09.